The summed E-state index contributed by atoms with van der Waals surface area (Å²) < 4.78 is 0. The van der Waals surface area contributed by atoms with E-state index < -0.39 is 0 Å². The van der Waals surface area contributed by atoms with Gasteiger partial charge in [0, 0.05) is 24.7 Å². The summed E-state index contributed by atoms with van der Waals surface area (Å²) in [5.41, 5.74) is 4.62. The molecule has 31 heavy (non-hydrogen) atoms. The lowest BCUT2D eigenvalue weighted by Gasteiger charge is -2.28. The van der Waals surface area contributed by atoms with Crippen molar-refractivity contribution in [3.63, 3.8) is 0 Å². The molecule has 0 saturated carbocycles. The fourth-order valence-electron chi connectivity index (χ4n) is 4.46. The van der Waals surface area contributed by atoms with Gasteiger partial charge in [0.2, 0.25) is 0 Å². The van der Waals surface area contributed by atoms with Gasteiger partial charge in [-0.15, -0.1) is 0 Å². The van der Waals surface area contributed by atoms with E-state index in [9.17, 15) is 0 Å². The Bertz CT molecular complexity index is 993. The SMILES string of the molecule is N#Cc1ccc(CN(Cc2ccc(Cl)cc2)C[C@H]2CNC[C@@H]2Cc2ccccc2)cc1. The molecule has 0 amide bonds. The highest BCUT2D eigenvalue weighted by atomic mass is 35.5. The van der Waals surface area contributed by atoms with Crippen LogP contribution in [0.3, 0.4) is 0 Å². The molecule has 0 radical (unpaired) electrons. The zero-order valence-electron chi connectivity index (χ0n) is 17.7. The highest BCUT2D eigenvalue weighted by molar-refractivity contribution is 6.30. The van der Waals surface area contributed by atoms with E-state index in [2.05, 4.69) is 70.9 Å². The molecule has 1 aliphatic rings. The van der Waals surface area contributed by atoms with Gasteiger partial charge < -0.3 is 5.32 Å². The molecule has 1 aliphatic heterocycles. The Morgan fingerprint density at radius 3 is 2.06 bits per heavy atom. The summed E-state index contributed by atoms with van der Waals surface area (Å²) in [6.45, 7) is 4.91. The minimum atomic E-state index is 0.603. The summed E-state index contributed by atoms with van der Waals surface area (Å²) in [7, 11) is 0. The van der Waals surface area contributed by atoms with E-state index >= 15 is 0 Å². The number of rotatable bonds is 8. The topological polar surface area (TPSA) is 39.1 Å². The third-order valence-electron chi connectivity index (χ3n) is 6.12. The molecule has 4 heteroatoms. The lowest BCUT2D eigenvalue weighted by Crippen LogP contribution is -2.33. The van der Waals surface area contributed by atoms with Crippen molar-refractivity contribution >= 4 is 11.6 Å². The summed E-state index contributed by atoms with van der Waals surface area (Å²) in [5.74, 6) is 1.24. The summed E-state index contributed by atoms with van der Waals surface area (Å²) in [6.07, 6.45) is 1.12. The summed E-state index contributed by atoms with van der Waals surface area (Å²) in [4.78, 5) is 2.53. The first-order valence-electron chi connectivity index (χ1n) is 10.9. The third kappa shape index (κ3) is 6.18. The molecule has 1 heterocycles. The van der Waals surface area contributed by atoms with Crippen LogP contribution in [0.25, 0.3) is 0 Å². The van der Waals surface area contributed by atoms with Crippen molar-refractivity contribution in [3.05, 3.63) is 106 Å². The van der Waals surface area contributed by atoms with Crippen molar-refractivity contribution in [2.45, 2.75) is 19.5 Å². The monoisotopic (exact) mass is 429 g/mol. The molecule has 1 N–H and O–H groups in total. The predicted molar refractivity (Wildman–Crippen MR) is 127 cm³/mol. The molecule has 158 valence electrons. The molecular formula is C27H28ClN3. The average Bonchev–Trinajstić information content (AvgIpc) is 3.23. The van der Waals surface area contributed by atoms with Gasteiger partial charge in [0.25, 0.3) is 0 Å². The molecule has 0 unspecified atom stereocenters. The zero-order chi connectivity index (χ0) is 21.5. The van der Waals surface area contributed by atoms with Crippen LogP contribution in [0.2, 0.25) is 5.02 Å². The maximum Gasteiger partial charge on any atom is 0.0991 e. The normalized spacial score (nSPS) is 18.2. The fraction of sp³-hybridized carbons (Fsp3) is 0.296. The van der Waals surface area contributed by atoms with Crippen LogP contribution in [0, 0.1) is 23.2 Å². The van der Waals surface area contributed by atoms with E-state index in [0.29, 0.717) is 17.4 Å². The molecule has 4 rings (SSSR count). The van der Waals surface area contributed by atoms with E-state index in [1.165, 1.54) is 16.7 Å². The molecular weight excluding hydrogens is 402 g/mol. The van der Waals surface area contributed by atoms with Crippen molar-refractivity contribution in [1.29, 1.82) is 5.26 Å². The van der Waals surface area contributed by atoms with E-state index in [0.717, 1.165) is 44.2 Å². The summed E-state index contributed by atoms with van der Waals surface area (Å²) >= 11 is 6.09. The van der Waals surface area contributed by atoms with Gasteiger partial charge in [0.1, 0.15) is 0 Å². The van der Waals surface area contributed by atoms with Crippen LogP contribution in [0.4, 0.5) is 0 Å². The van der Waals surface area contributed by atoms with Crippen molar-refractivity contribution < 1.29 is 0 Å². The van der Waals surface area contributed by atoms with Crippen molar-refractivity contribution in [2.24, 2.45) is 11.8 Å². The summed E-state index contributed by atoms with van der Waals surface area (Å²) in [6, 6.07) is 29.1. The number of hydrogen-bond donors (Lipinski definition) is 1. The minimum Gasteiger partial charge on any atom is -0.316 e. The Kier molecular flexibility index (Phi) is 7.38. The van der Waals surface area contributed by atoms with Crippen LogP contribution in [-0.4, -0.2) is 24.5 Å². The minimum absolute atomic E-state index is 0.603. The second-order valence-corrected chi connectivity index (χ2v) is 8.91. The molecule has 3 nitrogen and oxygen atoms in total. The smallest absolute Gasteiger partial charge is 0.0991 e. The van der Waals surface area contributed by atoms with Gasteiger partial charge in [-0.3, -0.25) is 4.90 Å². The quantitative estimate of drug-likeness (QED) is 0.528. The van der Waals surface area contributed by atoms with Gasteiger partial charge in [0.15, 0.2) is 0 Å². The zero-order valence-corrected chi connectivity index (χ0v) is 18.4. The Morgan fingerprint density at radius 1 is 0.806 bits per heavy atom. The third-order valence-corrected chi connectivity index (χ3v) is 6.37. The van der Waals surface area contributed by atoms with Crippen LogP contribution >= 0.6 is 11.6 Å². The summed E-state index contributed by atoms with van der Waals surface area (Å²) in [5, 5.41) is 13.5. The highest BCUT2D eigenvalue weighted by Gasteiger charge is 2.29. The van der Waals surface area contributed by atoms with E-state index in [4.69, 9.17) is 16.9 Å². The second kappa shape index (κ2) is 10.6. The first kappa shape index (κ1) is 21.6. The van der Waals surface area contributed by atoms with Crippen molar-refractivity contribution in [3.8, 4) is 6.07 Å². The van der Waals surface area contributed by atoms with Gasteiger partial charge in [-0.2, -0.15) is 5.26 Å². The molecule has 3 aromatic carbocycles. The number of hydrogen-bond acceptors (Lipinski definition) is 3. The Morgan fingerprint density at radius 2 is 1.42 bits per heavy atom. The molecule has 3 aromatic rings. The maximum atomic E-state index is 9.09. The number of nitrogens with one attached hydrogen (secondary N) is 1. The number of nitriles is 1. The number of benzene rings is 3. The van der Waals surface area contributed by atoms with Crippen LogP contribution < -0.4 is 5.32 Å². The van der Waals surface area contributed by atoms with Gasteiger partial charge in [-0.05, 0) is 72.3 Å². The van der Waals surface area contributed by atoms with Gasteiger partial charge >= 0.3 is 0 Å². The van der Waals surface area contributed by atoms with Gasteiger partial charge in [-0.25, -0.2) is 0 Å². The van der Waals surface area contributed by atoms with Crippen molar-refractivity contribution in [2.75, 3.05) is 19.6 Å². The fourth-order valence-corrected chi connectivity index (χ4v) is 4.59. The van der Waals surface area contributed by atoms with Gasteiger partial charge in [0.05, 0.1) is 11.6 Å². The van der Waals surface area contributed by atoms with E-state index in [-0.39, 0.29) is 0 Å². The molecule has 0 aliphatic carbocycles. The molecule has 1 saturated heterocycles. The van der Waals surface area contributed by atoms with E-state index in [1.807, 2.05) is 24.3 Å². The first-order chi connectivity index (χ1) is 15.2. The van der Waals surface area contributed by atoms with Gasteiger partial charge in [-0.1, -0.05) is 66.2 Å². The van der Waals surface area contributed by atoms with Crippen LogP contribution in [-0.2, 0) is 19.5 Å². The molecule has 0 aromatic heterocycles. The Labute approximate surface area is 190 Å². The maximum absolute atomic E-state index is 9.09. The molecule has 2 atom stereocenters. The number of nitrogens with zero attached hydrogens (tertiary/aromatic N) is 2. The first-order valence-corrected chi connectivity index (χ1v) is 11.3. The molecule has 0 bridgehead atoms. The lowest BCUT2D eigenvalue weighted by atomic mass is 9.89. The average molecular weight is 430 g/mol. The van der Waals surface area contributed by atoms with Crippen LogP contribution in [0.5, 0.6) is 0 Å². The Balaban J connectivity index is 1.48. The lowest BCUT2D eigenvalue weighted by molar-refractivity contribution is 0.198. The molecule has 1 fully saturated rings. The number of halogens is 1. The van der Waals surface area contributed by atoms with Crippen LogP contribution in [0.15, 0.2) is 78.9 Å². The van der Waals surface area contributed by atoms with E-state index in [1.54, 1.807) is 0 Å². The van der Waals surface area contributed by atoms with Crippen LogP contribution in [0.1, 0.15) is 22.3 Å². The standard InChI is InChI=1S/C27H28ClN3/c28-27-12-10-24(11-13-27)19-31(18-23-8-6-22(15-29)7-9-23)20-26-17-30-16-25(26)14-21-4-2-1-3-5-21/h1-13,25-26,30H,14,16-20H2/t25-,26+/m0/s1. The predicted octanol–water partition coefficient (Wildman–Crippen LogP) is 5.29. The van der Waals surface area contributed by atoms with Crippen molar-refractivity contribution in [1.82, 2.24) is 10.2 Å². The second-order valence-electron chi connectivity index (χ2n) is 8.47. The largest absolute Gasteiger partial charge is 0.316 e. The molecule has 0 spiro atoms. The highest BCUT2D eigenvalue weighted by Crippen LogP contribution is 2.24. The Hall–Kier alpha value is -2.64.